The Morgan fingerprint density at radius 3 is 2.16 bits per heavy atom. The van der Waals surface area contributed by atoms with Gasteiger partial charge < -0.3 is 24.3 Å². The molecule has 0 amide bonds. The number of benzene rings is 2. The number of esters is 2. The summed E-state index contributed by atoms with van der Waals surface area (Å²) in [5.41, 5.74) is 4.43. The van der Waals surface area contributed by atoms with Crippen LogP contribution in [0.2, 0.25) is 0 Å². The lowest BCUT2D eigenvalue weighted by atomic mass is 9.71. The lowest BCUT2D eigenvalue weighted by molar-refractivity contribution is -0.143. The predicted octanol–water partition coefficient (Wildman–Crippen LogP) is 4.80. The van der Waals surface area contributed by atoms with Crippen molar-refractivity contribution in [2.45, 2.75) is 51.6 Å². The second-order valence-corrected chi connectivity index (χ2v) is 9.70. The van der Waals surface area contributed by atoms with Gasteiger partial charge in [0.15, 0.2) is 17.3 Å². The Bertz CT molecular complexity index is 1320. The number of allylic oxidation sites excluding steroid dienone is 3. The maximum absolute atomic E-state index is 13.8. The summed E-state index contributed by atoms with van der Waals surface area (Å²) >= 11 is 0. The molecule has 1 aliphatic carbocycles. The molecule has 8 nitrogen and oxygen atoms in total. The Labute approximate surface area is 222 Å². The fourth-order valence-electron chi connectivity index (χ4n) is 5.19. The van der Waals surface area contributed by atoms with Crippen molar-refractivity contribution >= 4 is 17.7 Å². The van der Waals surface area contributed by atoms with E-state index in [-0.39, 0.29) is 24.2 Å². The zero-order valence-electron chi connectivity index (χ0n) is 22.5. The van der Waals surface area contributed by atoms with Crippen LogP contribution in [0.15, 0.2) is 65.0 Å². The van der Waals surface area contributed by atoms with Crippen molar-refractivity contribution in [2.75, 3.05) is 21.3 Å². The summed E-state index contributed by atoms with van der Waals surface area (Å²) in [5, 5.41) is 3.35. The van der Waals surface area contributed by atoms with Gasteiger partial charge in [0, 0.05) is 29.3 Å². The fourth-order valence-corrected chi connectivity index (χ4v) is 5.19. The number of hydrogen-bond donors (Lipinski definition) is 1. The van der Waals surface area contributed by atoms with Gasteiger partial charge in [0.05, 0.1) is 38.6 Å². The molecule has 2 aromatic carbocycles. The number of rotatable bonds is 7. The van der Waals surface area contributed by atoms with Crippen molar-refractivity contribution in [3.63, 3.8) is 0 Å². The second-order valence-electron chi connectivity index (χ2n) is 9.70. The highest BCUT2D eigenvalue weighted by atomic mass is 16.5. The van der Waals surface area contributed by atoms with Gasteiger partial charge in [-0.15, -0.1) is 0 Å². The van der Waals surface area contributed by atoms with E-state index in [2.05, 4.69) is 5.32 Å². The Kier molecular flexibility index (Phi) is 7.90. The second kappa shape index (κ2) is 11.1. The van der Waals surface area contributed by atoms with Crippen molar-refractivity contribution in [2.24, 2.45) is 0 Å². The number of carbonyl (C=O) groups is 3. The number of methoxy groups -OCH3 is 3. The number of hydrogen-bond acceptors (Lipinski definition) is 8. The molecule has 0 saturated carbocycles. The summed E-state index contributed by atoms with van der Waals surface area (Å²) in [6.45, 7) is 5.39. The van der Waals surface area contributed by atoms with E-state index >= 15 is 0 Å². The SMILES string of the molecule is COC(=O)c1ccc([C@@H]2C(C(=O)OC(C)C)=C(C)NC3=C2C(=O)C[C@@H](c2ccc(OC)c(OC)c2)C3)cc1. The van der Waals surface area contributed by atoms with Crippen LogP contribution in [0, 0.1) is 0 Å². The van der Waals surface area contributed by atoms with Crippen LogP contribution in [0.1, 0.15) is 66.9 Å². The molecule has 0 aromatic heterocycles. The monoisotopic (exact) mass is 519 g/mol. The Morgan fingerprint density at radius 1 is 0.895 bits per heavy atom. The van der Waals surface area contributed by atoms with E-state index in [1.54, 1.807) is 52.3 Å². The molecule has 0 unspecified atom stereocenters. The third-order valence-electron chi connectivity index (χ3n) is 6.93. The van der Waals surface area contributed by atoms with Crippen LogP contribution < -0.4 is 14.8 Å². The van der Waals surface area contributed by atoms with E-state index in [1.807, 2.05) is 25.1 Å². The molecule has 0 radical (unpaired) electrons. The number of Topliss-reactive ketones (excluding diaryl/α,β-unsaturated/α-hetero) is 1. The summed E-state index contributed by atoms with van der Waals surface area (Å²) in [5.74, 6) is -0.462. The first kappa shape index (κ1) is 27.0. The molecule has 0 bridgehead atoms. The molecule has 0 saturated heterocycles. The van der Waals surface area contributed by atoms with Crippen LogP contribution in [0.25, 0.3) is 0 Å². The standard InChI is InChI=1S/C30H33NO7/c1-16(2)38-30(34)26-17(3)31-22-13-21(20-11-12-24(35-4)25(15-20)36-5)14-23(32)28(22)27(26)18-7-9-19(10-8-18)29(33)37-6/h7-12,15-16,21,27,31H,13-14H2,1-6H3/t21-,27+/m0/s1. The molecule has 2 aromatic rings. The molecule has 4 rings (SSSR count). The highest BCUT2D eigenvalue weighted by Gasteiger charge is 2.41. The van der Waals surface area contributed by atoms with Crippen LogP contribution >= 0.6 is 0 Å². The Morgan fingerprint density at radius 2 is 1.55 bits per heavy atom. The maximum Gasteiger partial charge on any atom is 0.337 e. The number of nitrogens with one attached hydrogen (secondary N) is 1. The van der Waals surface area contributed by atoms with Crippen LogP contribution in [-0.4, -0.2) is 45.2 Å². The number of ketones is 1. The molecule has 2 aliphatic rings. The molecule has 2 atom stereocenters. The number of dihydropyridines is 1. The zero-order valence-corrected chi connectivity index (χ0v) is 22.5. The van der Waals surface area contributed by atoms with Crippen LogP contribution in [0.3, 0.4) is 0 Å². The third kappa shape index (κ3) is 5.16. The smallest absolute Gasteiger partial charge is 0.337 e. The first-order valence-corrected chi connectivity index (χ1v) is 12.5. The van der Waals surface area contributed by atoms with Gasteiger partial charge in [-0.1, -0.05) is 18.2 Å². The van der Waals surface area contributed by atoms with Gasteiger partial charge in [-0.05, 0) is 68.5 Å². The van der Waals surface area contributed by atoms with Crippen molar-refractivity contribution in [3.05, 3.63) is 81.7 Å². The molecule has 1 aliphatic heterocycles. The quantitative estimate of drug-likeness (QED) is 0.521. The minimum atomic E-state index is -0.622. The molecular formula is C30H33NO7. The van der Waals surface area contributed by atoms with Crippen molar-refractivity contribution in [3.8, 4) is 11.5 Å². The predicted molar refractivity (Wildman–Crippen MR) is 141 cm³/mol. The largest absolute Gasteiger partial charge is 0.493 e. The minimum Gasteiger partial charge on any atom is -0.493 e. The Balaban J connectivity index is 1.77. The lowest BCUT2D eigenvalue weighted by Gasteiger charge is -2.37. The van der Waals surface area contributed by atoms with Crippen molar-refractivity contribution in [1.82, 2.24) is 5.32 Å². The van der Waals surface area contributed by atoms with Gasteiger partial charge in [0.25, 0.3) is 0 Å². The van der Waals surface area contributed by atoms with Crippen molar-refractivity contribution < 1.29 is 33.3 Å². The number of carbonyl (C=O) groups excluding carboxylic acids is 3. The van der Waals surface area contributed by atoms with E-state index in [0.717, 1.165) is 16.8 Å². The molecule has 200 valence electrons. The van der Waals surface area contributed by atoms with Gasteiger partial charge in [-0.25, -0.2) is 9.59 Å². The highest BCUT2D eigenvalue weighted by molar-refractivity contribution is 6.04. The molecular weight excluding hydrogens is 486 g/mol. The van der Waals surface area contributed by atoms with Gasteiger partial charge >= 0.3 is 11.9 Å². The first-order chi connectivity index (χ1) is 18.2. The lowest BCUT2D eigenvalue weighted by Crippen LogP contribution is -2.36. The van der Waals surface area contributed by atoms with Crippen LogP contribution in [-0.2, 0) is 19.1 Å². The fraction of sp³-hybridized carbons (Fsp3) is 0.367. The van der Waals surface area contributed by atoms with Gasteiger partial charge in [0.2, 0.25) is 0 Å². The molecule has 1 N–H and O–H groups in total. The summed E-state index contributed by atoms with van der Waals surface area (Å²) in [6.07, 6.45) is 0.534. The number of ether oxygens (including phenoxy) is 4. The Hall–Kier alpha value is -4.07. The first-order valence-electron chi connectivity index (χ1n) is 12.5. The third-order valence-corrected chi connectivity index (χ3v) is 6.93. The van der Waals surface area contributed by atoms with E-state index in [4.69, 9.17) is 18.9 Å². The molecule has 0 spiro atoms. The highest BCUT2D eigenvalue weighted by Crippen LogP contribution is 2.46. The normalized spacial score (nSPS) is 19.1. The molecule has 8 heteroatoms. The minimum absolute atomic E-state index is 0.0528. The zero-order chi connectivity index (χ0) is 27.6. The molecule has 1 heterocycles. The van der Waals surface area contributed by atoms with Crippen LogP contribution in [0.4, 0.5) is 0 Å². The summed E-state index contributed by atoms with van der Waals surface area (Å²) in [7, 11) is 4.49. The van der Waals surface area contributed by atoms with Crippen molar-refractivity contribution in [1.29, 1.82) is 0 Å². The molecule has 0 fully saturated rings. The maximum atomic E-state index is 13.8. The average molecular weight is 520 g/mol. The van der Waals surface area contributed by atoms with Gasteiger partial charge in [-0.3, -0.25) is 4.79 Å². The van der Waals surface area contributed by atoms with E-state index in [1.165, 1.54) is 7.11 Å². The van der Waals surface area contributed by atoms with E-state index in [0.29, 0.717) is 40.3 Å². The van der Waals surface area contributed by atoms with Gasteiger partial charge in [0.1, 0.15) is 0 Å². The topological polar surface area (TPSA) is 100 Å². The average Bonchev–Trinajstić information content (AvgIpc) is 2.90. The molecule has 38 heavy (non-hydrogen) atoms. The summed E-state index contributed by atoms with van der Waals surface area (Å²) in [4.78, 5) is 39.0. The van der Waals surface area contributed by atoms with E-state index in [9.17, 15) is 14.4 Å². The summed E-state index contributed by atoms with van der Waals surface area (Å²) in [6, 6.07) is 12.5. The van der Waals surface area contributed by atoms with Crippen LogP contribution in [0.5, 0.6) is 11.5 Å². The van der Waals surface area contributed by atoms with Gasteiger partial charge in [-0.2, -0.15) is 0 Å². The summed E-state index contributed by atoms with van der Waals surface area (Å²) < 4.78 is 21.2. The van der Waals surface area contributed by atoms with E-state index < -0.39 is 17.9 Å².